The van der Waals surface area contributed by atoms with Crippen molar-refractivity contribution < 1.29 is 9.53 Å². The van der Waals surface area contributed by atoms with E-state index in [-0.39, 0.29) is 5.97 Å². The minimum Gasteiger partial charge on any atom is -0.469 e. The van der Waals surface area contributed by atoms with Crippen LogP contribution in [0.25, 0.3) is 10.1 Å². The van der Waals surface area contributed by atoms with Crippen molar-refractivity contribution in [2.75, 3.05) is 24.8 Å². The number of hydrogen-bond acceptors (Lipinski definition) is 5. The fraction of sp³-hybridized carbons (Fsp3) is 0.333. The summed E-state index contributed by atoms with van der Waals surface area (Å²) in [6.07, 6.45) is 1.22. The maximum Gasteiger partial charge on any atom is 0.305 e. The van der Waals surface area contributed by atoms with E-state index in [0.717, 1.165) is 21.5 Å². The predicted molar refractivity (Wildman–Crippen MR) is 96.5 cm³/mol. The molecule has 3 nitrogen and oxygen atoms in total. The molecule has 1 aromatic carbocycles. The second-order valence-electron chi connectivity index (χ2n) is 4.48. The molecule has 2 rings (SSSR count). The van der Waals surface area contributed by atoms with E-state index < -0.39 is 0 Å². The number of thiocarbonyl (C=S) groups is 1. The van der Waals surface area contributed by atoms with Crippen molar-refractivity contribution in [1.29, 1.82) is 0 Å². The molecule has 112 valence electrons. The summed E-state index contributed by atoms with van der Waals surface area (Å²) in [7, 11) is 3.40. The largest absolute Gasteiger partial charge is 0.469 e. The Bertz CT molecular complexity index is 606. The number of ether oxygens (including phenoxy) is 1. The highest BCUT2D eigenvalue weighted by molar-refractivity contribution is 8.23. The molecular formula is C15H17NO2S3. The summed E-state index contributed by atoms with van der Waals surface area (Å²) >= 11 is 8.78. The molecule has 1 heterocycles. The van der Waals surface area contributed by atoms with Gasteiger partial charge in [0.05, 0.1) is 12.1 Å². The monoisotopic (exact) mass is 339 g/mol. The van der Waals surface area contributed by atoms with E-state index in [0.29, 0.717) is 6.42 Å². The molecule has 0 aliphatic rings. The zero-order valence-corrected chi connectivity index (χ0v) is 14.4. The van der Waals surface area contributed by atoms with Crippen LogP contribution in [0.4, 0.5) is 5.00 Å². The summed E-state index contributed by atoms with van der Waals surface area (Å²) in [5.74, 6) is 0.655. The van der Waals surface area contributed by atoms with Crippen molar-refractivity contribution in [3.8, 4) is 0 Å². The van der Waals surface area contributed by atoms with Crippen molar-refractivity contribution in [2.45, 2.75) is 12.8 Å². The number of carbonyl (C=O) groups is 1. The Kier molecular flexibility index (Phi) is 6.02. The zero-order valence-electron chi connectivity index (χ0n) is 12.0. The second-order valence-corrected chi connectivity index (χ2v) is 7.27. The number of thioether (sulfide) groups is 1. The lowest BCUT2D eigenvalue weighted by Gasteiger charge is -2.17. The van der Waals surface area contributed by atoms with Crippen LogP contribution in [0.2, 0.25) is 0 Å². The SMILES string of the molecule is COC(=O)CCCSC(=S)N(C)c1cc2ccccc2s1. The van der Waals surface area contributed by atoms with Gasteiger partial charge >= 0.3 is 5.97 Å². The van der Waals surface area contributed by atoms with E-state index in [1.807, 2.05) is 24.1 Å². The molecule has 0 spiro atoms. The van der Waals surface area contributed by atoms with Gasteiger partial charge in [0, 0.05) is 23.9 Å². The molecule has 0 aliphatic heterocycles. The van der Waals surface area contributed by atoms with Crippen LogP contribution in [0.5, 0.6) is 0 Å². The molecule has 0 unspecified atom stereocenters. The Morgan fingerprint density at radius 1 is 1.43 bits per heavy atom. The normalized spacial score (nSPS) is 10.6. The first kappa shape index (κ1) is 16.3. The molecule has 1 aromatic heterocycles. The third-order valence-corrected chi connectivity index (χ3v) is 5.83. The molecule has 0 saturated carbocycles. The van der Waals surface area contributed by atoms with Crippen LogP contribution in [-0.4, -0.2) is 30.2 Å². The van der Waals surface area contributed by atoms with Crippen LogP contribution in [0, 0.1) is 0 Å². The molecule has 0 saturated heterocycles. The van der Waals surface area contributed by atoms with E-state index in [1.165, 1.54) is 17.2 Å². The topological polar surface area (TPSA) is 29.5 Å². The number of fused-ring (bicyclic) bond motifs is 1. The van der Waals surface area contributed by atoms with Gasteiger partial charge in [-0.15, -0.1) is 11.3 Å². The summed E-state index contributed by atoms with van der Waals surface area (Å²) in [4.78, 5) is 13.1. The minimum atomic E-state index is -0.167. The standard InChI is InChI=1S/C15H17NO2S3/c1-16(15(19)20-9-5-8-14(17)18-2)13-10-11-6-3-4-7-12(11)21-13/h3-4,6-7,10H,5,8-9H2,1-2H3. The number of anilines is 1. The summed E-state index contributed by atoms with van der Waals surface area (Å²) in [6.45, 7) is 0. The average Bonchev–Trinajstić information content (AvgIpc) is 2.94. The molecule has 0 bridgehead atoms. The summed E-state index contributed by atoms with van der Waals surface area (Å²) < 4.78 is 6.71. The number of carbonyl (C=O) groups excluding carboxylic acids is 1. The number of benzene rings is 1. The molecule has 2 aromatic rings. The van der Waals surface area contributed by atoms with Crippen LogP contribution < -0.4 is 4.90 Å². The van der Waals surface area contributed by atoms with Gasteiger partial charge in [-0.25, -0.2) is 0 Å². The Labute approximate surface area is 138 Å². The van der Waals surface area contributed by atoms with Gasteiger partial charge < -0.3 is 9.64 Å². The Hall–Kier alpha value is -1.11. The third kappa shape index (κ3) is 4.43. The van der Waals surface area contributed by atoms with Gasteiger partial charge in [0.15, 0.2) is 0 Å². The Morgan fingerprint density at radius 2 is 2.19 bits per heavy atom. The molecule has 0 radical (unpaired) electrons. The van der Waals surface area contributed by atoms with E-state index >= 15 is 0 Å². The van der Waals surface area contributed by atoms with E-state index in [9.17, 15) is 4.79 Å². The summed E-state index contributed by atoms with van der Waals surface area (Å²) in [6, 6.07) is 10.5. The highest BCUT2D eigenvalue weighted by Gasteiger charge is 2.11. The van der Waals surface area contributed by atoms with Gasteiger partial charge in [0.2, 0.25) is 0 Å². The van der Waals surface area contributed by atoms with Crippen LogP contribution in [-0.2, 0) is 9.53 Å². The first-order chi connectivity index (χ1) is 10.1. The third-order valence-electron chi connectivity index (χ3n) is 3.00. The van der Waals surface area contributed by atoms with Crippen LogP contribution in [0.1, 0.15) is 12.8 Å². The molecule has 21 heavy (non-hydrogen) atoms. The van der Waals surface area contributed by atoms with Crippen molar-refractivity contribution >= 4 is 60.7 Å². The Balaban J connectivity index is 1.88. The first-order valence-corrected chi connectivity index (χ1v) is 8.78. The summed E-state index contributed by atoms with van der Waals surface area (Å²) in [5.41, 5.74) is 0. The highest BCUT2D eigenvalue weighted by Crippen LogP contribution is 2.33. The quantitative estimate of drug-likeness (QED) is 0.460. The van der Waals surface area contributed by atoms with Gasteiger partial charge in [-0.3, -0.25) is 4.79 Å². The maximum atomic E-state index is 11.0. The number of rotatable bonds is 5. The van der Waals surface area contributed by atoms with E-state index in [1.54, 1.807) is 23.1 Å². The van der Waals surface area contributed by atoms with Crippen LogP contribution >= 0.6 is 35.3 Å². The molecular weight excluding hydrogens is 322 g/mol. The van der Waals surface area contributed by atoms with Gasteiger partial charge in [0.25, 0.3) is 0 Å². The second kappa shape index (κ2) is 7.77. The number of hydrogen-bond donors (Lipinski definition) is 0. The number of esters is 1. The highest BCUT2D eigenvalue weighted by atomic mass is 32.2. The lowest BCUT2D eigenvalue weighted by atomic mass is 10.3. The molecule has 0 fully saturated rings. The molecule has 0 amide bonds. The smallest absolute Gasteiger partial charge is 0.305 e. The molecule has 0 N–H and O–H groups in total. The van der Waals surface area contributed by atoms with Gasteiger partial charge in [0.1, 0.15) is 4.32 Å². The lowest BCUT2D eigenvalue weighted by Crippen LogP contribution is -2.20. The van der Waals surface area contributed by atoms with Crippen LogP contribution in [0.15, 0.2) is 30.3 Å². The van der Waals surface area contributed by atoms with Gasteiger partial charge in [-0.1, -0.05) is 42.2 Å². The molecule has 6 heteroatoms. The Morgan fingerprint density at radius 3 is 2.90 bits per heavy atom. The van der Waals surface area contributed by atoms with Crippen molar-refractivity contribution in [3.63, 3.8) is 0 Å². The van der Waals surface area contributed by atoms with Gasteiger partial charge in [-0.2, -0.15) is 0 Å². The average molecular weight is 340 g/mol. The van der Waals surface area contributed by atoms with Crippen molar-refractivity contribution in [1.82, 2.24) is 0 Å². The molecule has 0 aliphatic carbocycles. The fourth-order valence-electron chi connectivity index (χ4n) is 1.80. The van der Waals surface area contributed by atoms with E-state index in [2.05, 4.69) is 22.9 Å². The lowest BCUT2D eigenvalue weighted by molar-refractivity contribution is -0.140. The minimum absolute atomic E-state index is 0.167. The number of methoxy groups -OCH3 is 1. The first-order valence-electron chi connectivity index (χ1n) is 6.57. The predicted octanol–water partition coefficient (Wildman–Crippen LogP) is 4.31. The van der Waals surface area contributed by atoms with Gasteiger partial charge in [-0.05, 0) is 23.9 Å². The van der Waals surface area contributed by atoms with Crippen molar-refractivity contribution in [3.05, 3.63) is 30.3 Å². The van der Waals surface area contributed by atoms with Crippen LogP contribution in [0.3, 0.4) is 0 Å². The molecule has 0 atom stereocenters. The fourth-order valence-corrected chi connectivity index (χ4v) is 4.05. The maximum absolute atomic E-state index is 11.0. The van der Waals surface area contributed by atoms with Crippen molar-refractivity contribution in [2.24, 2.45) is 0 Å². The number of nitrogens with zero attached hydrogens (tertiary/aromatic N) is 1. The number of thiophene rings is 1. The summed E-state index contributed by atoms with van der Waals surface area (Å²) in [5, 5.41) is 2.38. The van der Waals surface area contributed by atoms with E-state index in [4.69, 9.17) is 12.2 Å². The zero-order chi connectivity index (χ0) is 15.2.